The van der Waals surface area contributed by atoms with Crippen LogP contribution in [0.25, 0.3) is 0 Å². The van der Waals surface area contributed by atoms with Crippen LogP contribution in [0.1, 0.15) is 30.5 Å². The lowest BCUT2D eigenvalue weighted by atomic mass is 10.0. The molecular weight excluding hydrogens is 331 g/mol. The molecule has 5 heteroatoms. The number of anilines is 1. The largest absolute Gasteiger partial charge is 0.399 e. The minimum absolute atomic E-state index is 0. The van der Waals surface area contributed by atoms with Crippen molar-refractivity contribution in [1.82, 2.24) is 4.90 Å². The zero-order chi connectivity index (χ0) is 16.1. The highest BCUT2D eigenvalue weighted by atomic mass is 35.5. The van der Waals surface area contributed by atoms with E-state index in [2.05, 4.69) is 0 Å². The van der Waals surface area contributed by atoms with Crippen LogP contribution in [-0.4, -0.2) is 17.9 Å². The van der Waals surface area contributed by atoms with E-state index >= 15 is 0 Å². The van der Waals surface area contributed by atoms with Gasteiger partial charge in [0.2, 0.25) is 5.91 Å². The van der Waals surface area contributed by atoms with E-state index in [1.807, 2.05) is 62.5 Å². The number of amides is 1. The van der Waals surface area contributed by atoms with Gasteiger partial charge in [-0.2, -0.15) is 0 Å². The molecule has 23 heavy (non-hydrogen) atoms. The van der Waals surface area contributed by atoms with Crippen LogP contribution in [0, 0.1) is 0 Å². The van der Waals surface area contributed by atoms with Crippen LogP contribution in [0.2, 0.25) is 5.02 Å². The number of para-hydroxylation sites is 1. The molecule has 0 fully saturated rings. The molecule has 2 rings (SSSR count). The first-order valence-electron chi connectivity index (χ1n) is 7.34. The molecule has 3 nitrogen and oxygen atoms in total. The Morgan fingerprint density at radius 3 is 2.43 bits per heavy atom. The van der Waals surface area contributed by atoms with Gasteiger partial charge in [-0.25, -0.2) is 0 Å². The molecule has 0 bridgehead atoms. The fourth-order valence-electron chi connectivity index (χ4n) is 2.42. The van der Waals surface area contributed by atoms with Gasteiger partial charge >= 0.3 is 0 Å². The Bertz CT molecular complexity index is 661. The second-order valence-corrected chi connectivity index (χ2v) is 5.81. The molecule has 2 N–H and O–H groups in total. The third-order valence-electron chi connectivity index (χ3n) is 3.99. The second-order valence-electron chi connectivity index (χ2n) is 5.40. The molecule has 0 saturated heterocycles. The van der Waals surface area contributed by atoms with Crippen molar-refractivity contribution in [3.8, 4) is 0 Å². The lowest BCUT2D eigenvalue weighted by molar-refractivity contribution is -0.131. The van der Waals surface area contributed by atoms with Crippen LogP contribution in [0.3, 0.4) is 0 Å². The summed E-state index contributed by atoms with van der Waals surface area (Å²) in [6.07, 6.45) is 1.07. The molecule has 1 amide bonds. The molecular formula is C18H22Cl2N2O. The Hall–Kier alpha value is -1.71. The van der Waals surface area contributed by atoms with E-state index in [0.29, 0.717) is 17.9 Å². The molecule has 0 aromatic heterocycles. The zero-order valence-corrected chi connectivity index (χ0v) is 14.9. The predicted octanol–water partition coefficient (Wildman–Crippen LogP) is 4.50. The number of nitrogen functional groups attached to an aromatic ring is 1. The van der Waals surface area contributed by atoms with E-state index in [4.69, 9.17) is 17.3 Å². The normalized spacial score (nSPS) is 11.4. The van der Waals surface area contributed by atoms with E-state index in [1.165, 1.54) is 0 Å². The lowest BCUT2D eigenvalue weighted by Gasteiger charge is -2.26. The smallest absolute Gasteiger partial charge is 0.223 e. The van der Waals surface area contributed by atoms with Gasteiger partial charge < -0.3 is 10.6 Å². The standard InChI is InChI=1S/C18H21ClN2O.ClH/c1-13(15-8-4-5-9-16(15)19)21(2)18(22)12-11-14-7-3-6-10-17(14)20;/h3-10,13H,11-12,20H2,1-2H3;1H. The fraction of sp³-hybridized carbons (Fsp3) is 0.278. The van der Waals surface area contributed by atoms with Gasteiger partial charge in [0.15, 0.2) is 0 Å². The van der Waals surface area contributed by atoms with Gasteiger partial charge in [0.05, 0.1) is 6.04 Å². The van der Waals surface area contributed by atoms with Gasteiger partial charge in [-0.3, -0.25) is 4.79 Å². The number of hydrogen-bond acceptors (Lipinski definition) is 2. The molecule has 0 heterocycles. The quantitative estimate of drug-likeness (QED) is 0.805. The summed E-state index contributed by atoms with van der Waals surface area (Å²) in [5.74, 6) is 0.0793. The van der Waals surface area contributed by atoms with Crippen LogP contribution in [-0.2, 0) is 11.2 Å². The first-order valence-corrected chi connectivity index (χ1v) is 7.72. The summed E-state index contributed by atoms with van der Waals surface area (Å²) in [7, 11) is 1.81. The summed E-state index contributed by atoms with van der Waals surface area (Å²) in [5.41, 5.74) is 8.61. The Labute approximate surface area is 148 Å². The zero-order valence-electron chi connectivity index (χ0n) is 13.3. The summed E-state index contributed by atoms with van der Waals surface area (Å²) in [6.45, 7) is 1.98. The highest BCUT2D eigenvalue weighted by Crippen LogP contribution is 2.26. The van der Waals surface area contributed by atoms with Crippen molar-refractivity contribution in [2.45, 2.75) is 25.8 Å². The molecule has 1 unspecified atom stereocenters. The number of rotatable bonds is 5. The van der Waals surface area contributed by atoms with Gasteiger partial charge in [-0.1, -0.05) is 48.0 Å². The average Bonchev–Trinajstić information content (AvgIpc) is 2.53. The van der Waals surface area contributed by atoms with E-state index in [9.17, 15) is 4.79 Å². The Kier molecular flexibility index (Phi) is 7.40. The first-order chi connectivity index (χ1) is 10.5. The Balaban J connectivity index is 0.00000264. The van der Waals surface area contributed by atoms with Crippen LogP contribution in [0.4, 0.5) is 5.69 Å². The van der Waals surface area contributed by atoms with Crippen LogP contribution < -0.4 is 5.73 Å². The van der Waals surface area contributed by atoms with Gasteiger partial charge in [0, 0.05) is 24.2 Å². The average molecular weight is 353 g/mol. The van der Waals surface area contributed by atoms with E-state index in [-0.39, 0.29) is 24.4 Å². The van der Waals surface area contributed by atoms with Crippen molar-refractivity contribution in [2.24, 2.45) is 0 Å². The first kappa shape index (κ1) is 19.3. The molecule has 0 radical (unpaired) electrons. The van der Waals surface area contributed by atoms with E-state index < -0.39 is 0 Å². The molecule has 124 valence electrons. The molecule has 2 aromatic rings. The summed E-state index contributed by atoms with van der Waals surface area (Å²) in [6, 6.07) is 15.2. The summed E-state index contributed by atoms with van der Waals surface area (Å²) < 4.78 is 0. The number of hydrogen-bond donors (Lipinski definition) is 1. The molecule has 0 aliphatic rings. The molecule has 0 aliphatic heterocycles. The van der Waals surface area contributed by atoms with Crippen LogP contribution in [0.15, 0.2) is 48.5 Å². The molecule has 0 aliphatic carbocycles. The van der Waals surface area contributed by atoms with Gasteiger partial charge in [0.1, 0.15) is 0 Å². The maximum Gasteiger partial charge on any atom is 0.223 e. The number of aryl methyl sites for hydroxylation is 1. The van der Waals surface area contributed by atoms with Gasteiger partial charge in [-0.05, 0) is 36.6 Å². The summed E-state index contributed by atoms with van der Waals surface area (Å²) in [4.78, 5) is 14.1. The van der Waals surface area contributed by atoms with Crippen molar-refractivity contribution in [3.63, 3.8) is 0 Å². The number of carbonyl (C=O) groups is 1. The molecule has 0 spiro atoms. The highest BCUT2D eigenvalue weighted by Gasteiger charge is 2.19. The van der Waals surface area contributed by atoms with Crippen molar-refractivity contribution >= 4 is 35.6 Å². The Morgan fingerprint density at radius 1 is 1.17 bits per heavy atom. The maximum atomic E-state index is 12.4. The van der Waals surface area contributed by atoms with Crippen LogP contribution >= 0.6 is 24.0 Å². The minimum atomic E-state index is -0.0608. The van der Waals surface area contributed by atoms with Crippen LogP contribution in [0.5, 0.6) is 0 Å². The third kappa shape index (κ3) is 4.88. The van der Waals surface area contributed by atoms with Gasteiger partial charge in [0.25, 0.3) is 0 Å². The van der Waals surface area contributed by atoms with Crippen molar-refractivity contribution in [1.29, 1.82) is 0 Å². The van der Waals surface area contributed by atoms with Crippen molar-refractivity contribution in [2.75, 3.05) is 12.8 Å². The van der Waals surface area contributed by atoms with E-state index in [0.717, 1.165) is 16.8 Å². The second kappa shape index (κ2) is 8.80. The fourth-order valence-corrected chi connectivity index (χ4v) is 2.71. The summed E-state index contributed by atoms with van der Waals surface area (Å²) in [5, 5.41) is 0.682. The molecule has 2 aromatic carbocycles. The number of halogens is 2. The number of nitrogens with zero attached hydrogens (tertiary/aromatic N) is 1. The molecule has 0 saturated carbocycles. The monoisotopic (exact) mass is 352 g/mol. The molecule has 1 atom stereocenters. The minimum Gasteiger partial charge on any atom is -0.399 e. The Morgan fingerprint density at radius 2 is 1.78 bits per heavy atom. The SMILES string of the molecule is CC(c1ccccc1Cl)N(C)C(=O)CCc1ccccc1N.Cl. The van der Waals surface area contributed by atoms with Crippen molar-refractivity contribution in [3.05, 3.63) is 64.7 Å². The predicted molar refractivity (Wildman–Crippen MR) is 99.1 cm³/mol. The van der Waals surface area contributed by atoms with E-state index in [1.54, 1.807) is 4.90 Å². The number of nitrogens with two attached hydrogens (primary N) is 1. The topological polar surface area (TPSA) is 46.3 Å². The lowest BCUT2D eigenvalue weighted by Crippen LogP contribution is -2.30. The summed E-state index contributed by atoms with van der Waals surface area (Å²) >= 11 is 6.21. The third-order valence-corrected chi connectivity index (χ3v) is 4.34. The number of benzene rings is 2. The van der Waals surface area contributed by atoms with Crippen molar-refractivity contribution < 1.29 is 4.79 Å². The number of carbonyl (C=O) groups excluding carboxylic acids is 1. The van der Waals surface area contributed by atoms with Gasteiger partial charge in [-0.15, -0.1) is 12.4 Å². The highest BCUT2D eigenvalue weighted by molar-refractivity contribution is 6.31. The maximum absolute atomic E-state index is 12.4.